The second-order valence-corrected chi connectivity index (χ2v) is 11.0. The third-order valence-electron chi connectivity index (χ3n) is 4.07. The van der Waals surface area contributed by atoms with Gasteiger partial charge in [0.25, 0.3) is 0 Å². The molecule has 178 valence electrons. The first-order chi connectivity index (χ1) is 13.7. The van der Waals surface area contributed by atoms with Gasteiger partial charge in [0.05, 0.1) is 12.0 Å². The SMILES string of the molecule is Cc1cc(OP(=O)(O)O)c(C(C)(C)CC(=O)OCOC(C)(C)C)c(C)c1OP(=O)(O)O. The monoisotopic (exact) mass is 484 g/mol. The zero-order chi connectivity index (χ0) is 24.4. The maximum absolute atomic E-state index is 12.4. The molecule has 0 radical (unpaired) electrons. The van der Waals surface area contributed by atoms with Crippen LogP contribution in [0.25, 0.3) is 0 Å². The second kappa shape index (κ2) is 9.58. The van der Waals surface area contributed by atoms with E-state index in [4.69, 9.17) is 18.5 Å². The molecule has 0 amide bonds. The summed E-state index contributed by atoms with van der Waals surface area (Å²) in [5.41, 5.74) is -1.21. The van der Waals surface area contributed by atoms with Crippen molar-refractivity contribution in [3.8, 4) is 11.5 Å². The summed E-state index contributed by atoms with van der Waals surface area (Å²) in [6.07, 6.45) is -0.253. The Morgan fingerprint density at radius 2 is 1.48 bits per heavy atom. The number of ether oxygens (including phenoxy) is 2. The van der Waals surface area contributed by atoms with Crippen LogP contribution in [0.3, 0.4) is 0 Å². The van der Waals surface area contributed by atoms with Crippen LogP contribution in [0, 0.1) is 13.8 Å². The number of esters is 1. The Hall–Kier alpha value is -1.45. The predicted octanol–water partition coefficient (Wildman–Crippen LogP) is 3.23. The molecule has 0 bridgehead atoms. The number of benzene rings is 1. The summed E-state index contributed by atoms with van der Waals surface area (Å²) in [4.78, 5) is 49.4. The highest BCUT2D eigenvalue weighted by Crippen LogP contribution is 2.50. The Morgan fingerprint density at radius 3 is 1.94 bits per heavy atom. The highest BCUT2D eigenvalue weighted by molar-refractivity contribution is 7.47. The Labute approximate surface area is 181 Å². The quantitative estimate of drug-likeness (QED) is 0.231. The maximum Gasteiger partial charge on any atom is 0.524 e. The molecule has 11 nitrogen and oxygen atoms in total. The lowest BCUT2D eigenvalue weighted by Crippen LogP contribution is -2.27. The van der Waals surface area contributed by atoms with Gasteiger partial charge in [0, 0.05) is 11.0 Å². The fraction of sp³-hybridized carbons (Fsp3) is 0.611. The Bertz CT molecular complexity index is 906. The van der Waals surface area contributed by atoms with E-state index in [9.17, 15) is 33.5 Å². The van der Waals surface area contributed by atoms with Crippen molar-refractivity contribution >= 4 is 21.6 Å². The van der Waals surface area contributed by atoms with Gasteiger partial charge in [-0.3, -0.25) is 24.4 Å². The third kappa shape index (κ3) is 9.29. The van der Waals surface area contributed by atoms with Crippen LogP contribution in [0.4, 0.5) is 0 Å². The van der Waals surface area contributed by atoms with Crippen LogP contribution in [0.15, 0.2) is 6.07 Å². The minimum atomic E-state index is -4.98. The fourth-order valence-electron chi connectivity index (χ4n) is 3.00. The van der Waals surface area contributed by atoms with Gasteiger partial charge in [-0.25, -0.2) is 9.13 Å². The Balaban J connectivity index is 3.39. The molecule has 0 saturated carbocycles. The predicted molar refractivity (Wildman–Crippen MR) is 111 cm³/mol. The zero-order valence-electron chi connectivity index (χ0n) is 18.5. The summed E-state index contributed by atoms with van der Waals surface area (Å²) in [6.45, 7) is 11.1. The van der Waals surface area contributed by atoms with Gasteiger partial charge in [-0.05, 0) is 51.8 Å². The van der Waals surface area contributed by atoms with E-state index in [2.05, 4.69) is 0 Å². The van der Waals surface area contributed by atoms with E-state index in [1.807, 2.05) is 0 Å². The average Bonchev–Trinajstić information content (AvgIpc) is 2.46. The zero-order valence-corrected chi connectivity index (χ0v) is 20.3. The normalized spacial score (nSPS) is 13.1. The molecule has 31 heavy (non-hydrogen) atoms. The number of hydrogen-bond acceptors (Lipinski definition) is 7. The highest BCUT2D eigenvalue weighted by atomic mass is 31.2. The smallest absolute Gasteiger partial charge is 0.438 e. The first kappa shape index (κ1) is 27.6. The van der Waals surface area contributed by atoms with Gasteiger partial charge in [0.1, 0.15) is 11.5 Å². The number of phosphoric acid groups is 2. The lowest BCUT2D eigenvalue weighted by molar-refractivity contribution is -0.168. The van der Waals surface area contributed by atoms with Crippen molar-refractivity contribution in [3.63, 3.8) is 0 Å². The Kier molecular flexibility index (Phi) is 8.53. The molecule has 13 heteroatoms. The van der Waals surface area contributed by atoms with Crippen LogP contribution in [0.1, 0.15) is 57.7 Å². The summed E-state index contributed by atoms with van der Waals surface area (Å²) in [6, 6.07) is 1.18. The first-order valence-electron chi connectivity index (χ1n) is 9.16. The molecule has 0 aliphatic carbocycles. The van der Waals surface area contributed by atoms with E-state index in [0.717, 1.165) is 0 Å². The molecular weight excluding hydrogens is 454 g/mol. The molecule has 0 spiro atoms. The minimum Gasteiger partial charge on any atom is -0.438 e. The van der Waals surface area contributed by atoms with Crippen LogP contribution in [-0.2, 0) is 28.8 Å². The van der Waals surface area contributed by atoms with E-state index in [0.29, 0.717) is 0 Å². The first-order valence-corrected chi connectivity index (χ1v) is 12.2. The number of aryl methyl sites for hydroxylation is 1. The van der Waals surface area contributed by atoms with Gasteiger partial charge in [-0.15, -0.1) is 0 Å². The summed E-state index contributed by atoms with van der Waals surface area (Å²) >= 11 is 0. The topological polar surface area (TPSA) is 169 Å². The molecule has 0 atom stereocenters. The van der Waals surface area contributed by atoms with Crippen LogP contribution in [0.2, 0.25) is 0 Å². The van der Waals surface area contributed by atoms with E-state index in [-0.39, 0.29) is 41.4 Å². The molecule has 0 heterocycles. The van der Waals surface area contributed by atoms with Crippen LogP contribution >= 0.6 is 15.6 Å². The number of rotatable bonds is 9. The summed E-state index contributed by atoms with van der Waals surface area (Å²) in [5.74, 6) is -1.09. The van der Waals surface area contributed by atoms with Crippen LogP contribution in [-0.4, -0.2) is 37.9 Å². The summed E-state index contributed by atoms with van der Waals surface area (Å²) < 4.78 is 42.9. The average molecular weight is 484 g/mol. The van der Waals surface area contributed by atoms with Gasteiger partial charge < -0.3 is 18.5 Å². The number of carbonyl (C=O) groups excluding carboxylic acids is 1. The Morgan fingerprint density at radius 1 is 0.968 bits per heavy atom. The van der Waals surface area contributed by atoms with E-state index in [1.54, 1.807) is 34.6 Å². The molecule has 0 fully saturated rings. The fourth-order valence-corrected chi connectivity index (χ4v) is 3.92. The van der Waals surface area contributed by atoms with Gasteiger partial charge >= 0.3 is 21.6 Å². The molecule has 0 unspecified atom stereocenters. The van der Waals surface area contributed by atoms with Crippen molar-refractivity contribution in [1.29, 1.82) is 0 Å². The third-order valence-corrected chi connectivity index (χ3v) is 4.93. The number of hydrogen-bond donors (Lipinski definition) is 4. The molecule has 0 aliphatic rings. The van der Waals surface area contributed by atoms with Crippen molar-refractivity contribution in [1.82, 2.24) is 0 Å². The maximum atomic E-state index is 12.4. The van der Waals surface area contributed by atoms with E-state index < -0.39 is 32.6 Å². The minimum absolute atomic E-state index is 0.124. The van der Waals surface area contributed by atoms with Gasteiger partial charge in [0.2, 0.25) is 0 Å². The van der Waals surface area contributed by atoms with Crippen molar-refractivity contribution in [2.75, 3.05) is 6.79 Å². The molecule has 1 aromatic rings. The number of carbonyl (C=O) groups is 1. The molecule has 0 aromatic heterocycles. The van der Waals surface area contributed by atoms with Crippen LogP contribution in [0.5, 0.6) is 11.5 Å². The lowest BCUT2D eigenvalue weighted by atomic mass is 9.78. The summed E-state index contributed by atoms with van der Waals surface area (Å²) in [5, 5.41) is 0. The molecule has 1 rings (SSSR count). The largest absolute Gasteiger partial charge is 0.524 e. The molecule has 0 saturated heterocycles. The lowest BCUT2D eigenvalue weighted by Gasteiger charge is -2.30. The molecule has 1 aromatic carbocycles. The number of phosphoric ester groups is 2. The van der Waals surface area contributed by atoms with Crippen molar-refractivity contribution in [2.24, 2.45) is 0 Å². The van der Waals surface area contributed by atoms with Crippen molar-refractivity contribution < 1.29 is 52.0 Å². The standard InChI is InChI=1S/C18H30O11P2/c1-11-8-13(28-30(20,21)22)15(12(2)16(11)29-31(23,24)25)18(6,7)9-14(19)26-10-27-17(3,4)5/h8H,9-10H2,1-7H3,(H2,20,21,22)(H2,23,24,25). The molecular formula is C18H30O11P2. The van der Waals surface area contributed by atoms with Crippen molar-refractivity contribution in [3.05, 3.63) is 22.8 Å². The van der Waals surface area contributed by atoms with E-state index in [1.165, 1.54) is 19.9 Å². The second-order valence-electron chi connectivity index (χ2n) is 8.64. The molecule has 0 aliphatic heterocycles. The highest BCUT2D eigenvalue weighted by Gasteiger charge is 2.35. The van der Waals surface area contributed by atoms with Gasteiger partial charge in [0.15, 0.2) is 6.79 Å². The van der Waals surface area contributed by atoms with Gasteiger partial charge in [-0.2, -0.15) is 0 Å². The summed E-state index contributed by atoms with van der Waals surface area (Å²) in [7, 11) is -9.91. The van der Waals surface area contributed by atoms with Crippen LogP contribution < -0.4 is 9.05 Å². The van der Waals surface area contributed by atoms with E-state index >= 15 is 0 Å². The molecule has 4 N–H and O–H groups in total. The van der Waals surface area contributed by atoms with Crippen molar-refractivity contribution in [2.45, 2.75) is 65.9 Å². The van der Waals surface area contributed by atoms with Gasteiger partial charge in [-0.1, -0.05) is 13.8 Å².